The van der Waals surface area contributed by atoms with Gasteiger partial charge in [0, 0.05) is 24.3 Å². The average Bonchev–Trinajstić information content (AvgIpc) is 3.00. The zero-order valence-electron chi connectivity index (χ0n) is 11.1. The number of H-pyrrole nitrogens is 1. The molecule has 21 heavy (non-hydrogen) atoms. The second-order valence-corrected chi connectivity index (χ2v) is 4.76. The summed E-state index contributed by atoms with van der Waals surface area (Å²) in [6.07, 6.45) is 6.96. The Morgan fingerprint density at radius 1 is 0.952 bits per heavy atom. The number of nitrogens with zero attached hydrogens (tertiary/aromatic N) is 4. The molecule has 3 heterocycles. The first kappa shape index (κ1) is 11.8. The molecular weight excluding hydrogens is 264 g/mol. The molecule has 0 radical (unpaired) electrons. The largest absolute Gasteiger partial charge is 0.380 e. The lowest BCUT2D eigenvalue weighted by atomic mass is 10.2. The Bertz CT molecular complexity index is 914. The van der Waals surface area contributed by atoms with Gasteiger partial charge in [-0.15, -0.1) is 0 Å². The fourth-order valence-corrected chi connectivity index (χ4v) is 2.26. The highest BCUT2D eigenvalue weighted by Gasteiger charge is 2.01. The summed E-state index contributed by atoms with van der Waals surface area (Å²) >= 11 is 0. The van der Waals surface area contributed by atoms with Gasteiger partial charge in [0.15, 0.2) is 5.65 Å². The van der Waals surface area contributed by atoms with Crippen LogP contribution in [0.2, 0.25) is 0 Å². The van der Waals surface area contributed by atoms with Crippen molar-refractivity contribution in [1.29, 1.82) is 0 Å². The predicted octanol–water partition coefficient (Wildman–Crippen LogP) is 2.51. The minimum absolute atomic E-state index is 0.706. The summed E-state index contributed by atoms with van der Waals surface area (Å²) in [6, 6.07) is 8.09. The van der Waals surface area contributed by atoms with Crippen molar-refractivity contribution < 1.29 is 0 Å². The van der Waals surface area contributed by atoms with Gasteiger partial charge in [-0.1, -0.05) is 6.07 Å². The number of aromatic nitrogens is 5. The first-order valence-electron chi connectivity index (χ1n) is 6.61. The van der Waals surface area contributed by atoms with Crippen LogP contribution >= 0.6 is 0 Å². The summed E-state index contributed by atoms with van der Waals surface area (Å²) < 4.78 is 0. The first-order chi connectivity index (χ1) is 10.4. The van der Waals surface area contributed by atoms with Crippen molar-refractivity contribution >= 4 is 27.8 Å². The molecule has 0 aliphatic carbocycles. The third kappa shape index (κ3) is 2.27. The van der Waals surface area contributed by atoms with Gasteiger partial charge in [0.1, 0.15) is 0 Å². The quantitative estimate of drug-likeness (QED) is 0.601. The zero-order valence-corrected chi connectivity index (χ0v) is 11.1. The van der Waals surface area contributed by atoms with E-state index in [1.165, 1.54) is 0 Å². The lowest BCUT2D eigenvalue weighted by Gasteiger charge is -2.06. The van der Waals surface area contributed by atoms with Crippen LogP contribution in [0, 0.1) is 0 Å². The number of pyridine rings is 1. The molecule has 4 aromatic rings. The van der Waals surface area contributed by atoms with Crippen molar-refractivity contribution in [3.8, 4) is 0 Å². The Kier molecular flexibility index (Phi) is 2.71. The normalized spacial score (nSPS) is 11.0. The Labute approximate surface area is 120 Å². The van der Waals surface area contributed by atoms with Gasteiger partial charge in [0.05, 0.1) is 29.1 Å². The Balaban J connectivity index is 1.56. The van der Waals surface area contributed by atoms with Gasteiger partial charge in [-0.25, -0.2) is 4.98 Å². The summed E-state index contributed by atoms with van der Waals surface area (Å²) in [5, 5.41) is 11.1. The highest BCUT2D eigenvalue weighted by molar-refractivity contribution is 5.77. The summed E-state index contributed by atoms with van der Waals surface area (Å²) in [5.74, 6) is 0. The van der Waals surface area contributed by atoms with Crippen LogP contribution in [0.1, 0.15) is 5.56 Å². The summed E-state index contributed by atoms with van der Waals surface area (Å²) in [4.78, 5) is 12.9. The van der Waals surface area contributed by atoms with Crippen LogP contribution in [0.15, 0.2) is 49.1 Å². The molecule has 4 rings (SSSR count). The van der Waals surface area contributed by atoms with Crippen molar-refractivity contribution in [2.75, 3.05) is 5.32 Å². The van der Waals surface area contributed by atoms with Crippen LogP contribution in [0.4, 0.5) is 5.69 Å². The SMILES string of the molecule is c1cnc2cc(CNc3cnc4[nH]ncc4c3)ccc2n1. The Morgan fingerprint density at radius 2 is 1.86 bits per heavy atom. The van der Waals surface area contributed by atoms with Crippen LogP contribution in [0.3, 0.4) is 0 Å². The van der Waals surface area contributed by atoms with Gasteiger partial charge >= 0.3 is 0 Å². The van der Waals surface area contributed by atoms with E-state index in [-0.39, 0.29) is 0 Å². The van der Waals surface area contributed by atoms with E-state index >= 15 is 0 Å². The van der Waals surface area contributed by atoms with Crippen molar-refractivity contribution in [3.05, 3.63) is 54.6 Å². The minimum Gasteiger partial charge on any atom is -0.380 e. The highest BCUT2D eigenvalue weighted by Crippen LogP contribution is 2.16. The number of hydrogen-bond donors (Lipinski definition) is 2. The second kappa shape index (κ2) is 4.82. The monoisotopic (exact) mass is 276 g/mol. The van der Waals surface area contributed by atoms with E-state index in [1.54, 1.807) is 24.8 Å². The van der Waals surface area contributed by atoms with Crippen LogP contribution < -0.4 is 5.32 Å². The van der Waals surface area contributed by atoms with E-state index in [0.717, 1.165) is 33.3 Å². The molecule has 6 heteroatoms. The van der Waals surface area contributed by atoms with E-state index in [1.807, 2.05) is 24.3 Å². The van der Waals surface area contributed by atoms with E-state index in [4.69, 9.17) is 0 Å². The summed E-state index contributed by atoms with van der Waals surface area (Å²) in [6.45, 7) is 0.706. The molecule has 0 spiro atoms. The first-order valence-corrected chi connectivity index (χ1v) is 6.61. The fraction of sp³-hybridized carbons (Fsp3) is 0.0667. The third-order valence-electron chi connectivity index (χ3n) is 3.32. The average molecular weight is 276 g/mol. The topological polar surface area (TPSA) is 79.4 Å². The van der Waals surface area contributed by atoms with E-state index in [9.17, 15) is 0 Å². The lowest BCUT2D eigenvalue weighted by molar-refractivity contribution is 1.09. The van der Waals surface area contributed by atoms with Gasteiger partial charge in [-0.05, 0) is 23.8 Å². The summed E-state index contributed by atoms with van der Waals surface area (Å²) in [5.41, 5.74) is 4.71. The molecule has 1 aromatic carbocycles. The Morgan fingerprint density at radius 3 is 2.81 bits per heavy atom. The summed E-state index contributed by atoms with van der Waals surface area (Å²) in [7, 11) is 0. The molecule has 0 aliphatic heterocycles. The molecule has 0 bridgehead atoms. The van der Waals surface area contributed by atoms with Gasteiger partial charge in [0.25, 0.3) is 0 Å². The number of rotatable bonds is 3. The number of anilines is 1. The van der Waals surface area contributed by atoms with E-state index in [0.29, 0.717) is 6.54 Å². The Hall–Kier alpha value is -3.02. The molecule has 0 unspecified atom stereocenters. The predicted molar refractivity (Wildman–Crippen MR) is 80.8 cm³/mol. The molecule has 0 saturated heterocycles. The molecule has 102 valence electrons. The third-order valence-corrected chi connectivity index (χ3v) is 3.32. The minimum atomic E-state index is 0.706. The molecule has 0 fully saturated rings. The fourth-order valence-electron chi connectivity index (χ4n) is 2.26. The van der Waals surface area contributed by atoms with Gasteiger partial charge in [-0.2, -0.15) is 5.10 Å². The molecule has 2 N–H and O–H groups in total. The molecule has 0 amide bonds. The van der Waals surface area contributed by atoms with Crippen LogP contribution in [-0.2, 0) is 6.54 Å². The smallest absolute Gasteiger partial charge is 0.155 e. The maximum Gasteiger partial charge on any atom is 0.155 e. The van der Waals surface area contributed by atoms with Crippen molar-refractivity contribution in [2.45, 2.75) is 6.54 Å². The van der Waals surface area contributed by atoms with Crippen LogP contribution in [0.5, 0.6) is 0 Å². The molecular formula is C15H12N6. The van der Waals surface area contributed by atoms with Crippen molar-refractivity contribution in [3.63, 3.8) is 0 Å². The van der Waals surface area contributed by atoms with E-state index in [2.05, 4.69) is 30.5 Å². The molecule has 6 nitrogen and oxygen atoms in total. The number of nitrogens with one attached hydrogen (secondary N) is 2. The highest BCUT2D eigenvalue weighted by atomic mass is 15.1. The van der Waals surface area contributed by atoms with Crippen molar-refractivity contribution in [2.24, 2.45) is 0 Å². The zero-order chi connectivity index (χ0) is 14.1. The van der Waals surface area contributed by atoms with Gasteiger partial charge in [-0.3, -0.25) is 15.1 Å². The van der Waals surface area contributed by atoms with E-state index < -0.39 is 0 Å². The van der Waals surface area contributed by atoms with Crippen molar-refractivity contribution in [1.82, 2.24) is 25.1 Å². The number of aromatic amines is 1. The second-order valence-electron chi connectivity index (χ2n) is 4.76. The molecule has 0 saturated carbocycles. The number of benzene rings is 1. The van der Waals surface area contributed by atoms with Crippen LogP contribution in [0.25, 0.3) is 22.1 Å². The molecule has 0 atom stereocenters. The molecule has 0 aliphatic rings. The van der Waals surface area contributed by atoms with Gasteiger partial charge < -0.3 is 5.32 Å². The lowest BCUT2D eigenvalue weighted by Crippen LogP contribution is -2.00. The maximum absolute atomic E-state index is 4.32. The number of fused-ring (bicyclic) bond motifs is 2. The standard InChI is InChI=1S/C15H12N6/c1-2-13-14(17-4-3-16-13)5-10(1)7-18-12-6-11-8-20-21-15(11)19-9-12/h1-6,8-9,18H,7H2,(H,19,20,21). The van der Waals surface area contributed by atoms with Gasteiger partial charge in [0.2, 0.25) is 0 Å². The maximum atomic E-state index is 4.32. The molecule has 3 aromatic heterocycles. The van der Waals surface area contributed by atoms with Crippen LogP contribution in [-0.4, -0.2) is 25.1 Å². The number of hydrogen-bond acceptors (Lipinski definition) is 5.